The summed E-state index contributed by atoms with van der Waals surface area (Å²) in [5.41, 5.74) is 1.33. The van der Waals surface area contributed by atoms with Gasteiger partial charge in [0.1, 0.15) is 17.6 Å². The van der Waals surface area contributed by atoms with Crippen LogP contribution in [0.3, 0.4) is 0 Å². The minimum absolute atomic E-state index is 0.134. The Morgan fingerprint density at radius 3 is 2.70 bits per heavy atom. The molecule has 4 nitrogen and oxygen atoms in total. The molecule has 1 saturated carbocycles. The van der Waals surface area contributed by atoms with Crippen LogP contribution in [0.1, 0.15) is 48.0 Å². The van der Waals surface area contributed by atoms with E-state index in [1.165, 1.54) is 36.1 Å². The number of hydrogen-bond acceptors (Lipinski definition) is 4. The van der Waals surface area contributed by atoms with Crippen molar-refractivity contribution in [2.45, 2.75) is 44.2 Å². The van der Waals surface area contributed by atoms with E-state index in [4.69, 9.17) is 4.74 Å². The smallest absolute Gasteiger partial charge is 0.131 e. The molecule has 0 saturated heterocycles. The van der Waals surface area contributed by atoms with Crippen LogP contribution >= 0.6 is 11.3 Å². The lowest BCUT2D eigenvalue weighted by Crippen LogP contribution is -2.26. The zero-order valence-corrected chi connectivity index (χ0v) is 16.6. The molecule has 0 aliphatic heterocycles. The summed E-state index contributed by atoms with van der Waals surface area (Å²) in [7, 11) is 2.05. The van der Waals surface area contributed by atoms with E-state index in [0.29, 0.717) is 6.10 Å². The summed E-state index contributed by atoms with van der Waals surface area (Å²) in [6, 6.07) is 13.0. The number of rotatable bonds is 8. The lowest BCUT2D eigenvalue weighted by molar-refractivity contribution is 0.210. The third-order valence-corrected chi connectivity index (χ3v) is 6.17. The second-order valence-electron chi connectivity index (χ2n) is 7.22. The van der Waals surface area contributed by atoms with Gasteiger partial charge in [-0.3, -0.25) is 0 Å². The highest BCUT2D eigenvalue weighted by Crippen LogP contribution is 2.26. The van der Waals surface area contributed by atoms with Gasteiger partial charge in [0.15, 0.2) is 0 Å². The van der Waals surface area contributed by atoms with E-state index in [2.05, 4.69) is 56.6 Å². The second-order valence-corrected chi connectivity index (χ2v) is 8.20. The fourth-order valence-electron chi connectivity index (χ4n) is 3.72. The molecule has 27 heavy (non-hydrogen) atoms. The molecule has 4 rings (SSSR count). The van der Waals surface area contributed by atoms with E-state index in [9.17, 15) is 0 Å². The van der Waals surface area contributed by atoms with Crippen LogP contribution in [0, 0.1) is 0 Å². The van der Waals surface area contributed by atoms with E-state index in [0.717, 1.165) is 24.5 Å². The predicted molar refractivity (Wildman–Crippen MR) is 110 cm³/mol. The average molecular weight is 382 g/mol. The first kappa shape index (κ1) is 18.3. The molecule has 1 fully saturated rings. The topological polar surface area (TPSA) is 39.1 Å². The number of thiophene rings is 1. The van der Waals surface area contributed by atoms with Crippen LogP contribution in [0.4, 0.5) is 0 Å². The molecule has 0 amide bonds. The van der Waals surface area contributed by atoms with E-state index in [1.807, 2.05) is 19.4 Å². The molecule has 0 unspecified atom stereocenters. The summed E-state index contributed by atoms with van der Waals surface area (Å²) in [5.74, 6) is 2.06. The molecule has 1 N–H and O–H groups in total. The van der Waals surface area contributed by atoms with Crippen LogP contribution in [-0.4, -0.2) is 22.2 Å². The number of hydrogen-bond donors (Lipinski definition) is 1. The van der Waals surface area contributed by atoms with Gasteiger partial charge in [-0.1, -0.05) is 18.2 Å². The summed E-state index contributed by atoms with van der Waals surface area (Å²) >= 11 is 1.77. The lowest BCUT2D eigenvalue weighted by Gasteiger charge is -2.17. The molecular weight excluding hydrogens is 354 g/mol. The number of nitrogens with one attached hydrogen (secondary N) is 1. The number of ether oxygens (including phenoxy) is 1. The highest BCUT2D eigenvalue weighted by molar-refractivity contribution is 7.10. The van der Waals surface area contributed by atoms with Gasteiger partial charge in [-0.05, 0) is 61.2 Å². The predicted octanol–water partition coefficient (Wildman–Crippen LogP) is 4.72. The summed E-state index contributed by atoms with van der Waals surface area (Å²) < 4.78 is 8.15. The van der Waals surface area contributed by atoms with Crippen molar-refractivity contribution >= 4 is 11.3 Å². The van der Waals surface area contributed by atoms with Crippen LogP contribution in [0.2, 0.25) is 0 Å². The number of aromatic nitrogens is 2. The number of nitrogens with zero attached hydrogens (tertiary/aromatic N) is 2. The largest absolute Gasteiger partial charge is 0.490 e. The standard InChI is InChI=1S/C22H27N3OS/c1-25-15-14-24-22(25)21(20-7-4-16-27-20)23-13-12-17-8-10-19(11-9-17)26-18-5-2-3-6-18/h4,7-11,14-16,18,21,23H,2-3,5-6,12-13H2,1H3/t21-/m0/s1. The van der Waals surface area contributed by atoms with Crippen molar-refractivity contribution in [1.29, 1.82) is 0 Å². The molecule has 142 valence electrons. The first-order chi connectivity index (χ1) is 13.3. The molecular formula is C22H27N3OS. The number of benzene rings is 1. The molecule has 3 aromatic rings. The molecule has 2 heterocycles. The maximum Gasteiger partial charge on any atom is 0.131 e. The molecule has 2 aromatic heterocycles. The first-order valence-electron chi connectivity index (χ1n) is 9.79. The summed E-state index contributed by atoms with van der Waals surface area (Å²) in [6.45, 7) is 0.901. The zero-order chi connectivity index (χ0) is 18.5. The third-order valence-electron chi connectivity index (χ3n) is 5.23. The molecule has 1 aliphatic carbocycles. The minimum atomic E-state index is 0.134. The summed E-state index contributed by atoms with van der Waals surface area (Å²) in [5, 5.41) is 5.80. The van der Waals surface area contributed by atoms with Gasteiger partial charge in [-0.15, -0.1) is 11.3 Å². The quantitative estimate of drug-likeness (QED) is 0.613. The zero-order valence-electron chi connectivity index (χ0n) is 15.8. The van der Waals surface area contributed by atoms with Gasteiger partial charge in [0.25, 0.3) is 0 Å². The van der Waals surface area contributed by atoms with Gasteiger partial charge < -0.3 is 14.6 Å². The fourth-order valence-corrected chi connectivity index (χ4v) is 4.52. The molecule has 1 aliphatic rings. The van der Waals surface area contributed by atoms with Crippen LogP contribution in [0.15, 0.2) is 54.2 Å². The molecule has 0 radical (unpaired) electrons. The molecule has 1 aromatic carbocycles. The van der Waals surface area contributed by atoms with E-state index >= 15 is 0 Å². The highest BCUT2D eigenvalue weighted by atomic mass is 32.1. The Hall–Kier alpha value is -2.11. The van der Waals surface area contributed by atoms with Gasteiger partial charge in [0, 0.05) is 30.9 Å². The maximum absolute atomic E-state index is 6.06. The van der Waals surface area contributed by atoms with Gasteiger partial charge in [-0.25, -0.2) is 4.98 Å². The van der Waals surface area contributed by atoms with Crippen molar-refractivity contribution in [3.63, 3.8) is 0 Å². The third kappa shape index (κ3) is 4.60. The van der Waals surface area contributed by atoms with Crippen LogP contribution in [0.25, 0.3) is 0 Å². The lowest BCUT2D eigenvalue weighted by atomic mass is 10.1. The van der Waals surface area contributed by atoms with Crippen LogP contribution in [-0.2, 0) is 13.5 Å². The summed E-state index contributed by atoms with van der Waals surface area (Å²) in [6.07, 6.45) is 10.3. The Morgan fingerprint density at radius 1 is 1.22 bits per heavy atom. The average Bonchev–Trinajstić information content (AvgIpc) is 3.44. The number of imidazole rings is 1. The molecule has 1 atom stereocenters. The second kappa shape index (κ2) is 8.72. The Morgan fingerprint density at radius 2 is 2.04 bits per heavy atom. The van der Waals surface area contributed by atoms with Crippen molar-refractivity contribution in [1.82, 2.24) is 14.9 Å². The molecule has 0 spiro atoms. The highest BCUT2D eigenvalue weighted by Gasteiger charge is 2.19. The molecule has 5 heteroatoms. The number of aryl methyl sites for hydroxylation is 1. The van der Waals surface area contributed by atoms with Crippen molar-refractivity contribution in [2.24, 2.45) is 7.05 Å². The van der Waals surface area contributed by atoms with Crippen molar-refractivity contribution in [2.75, 3.05) is 6.54 Å². The summed E-state index contributed by atoms with van der Waals surface area (Å²) in [4.78, 5) is 5.84. The van der Waals surface area contributed by atoms with Crippen LogP contribution < -0.4 is 10.1 Å². The van der Waals surface area contributed by atoms with Gasteiger partial charge >= 0.3 is 0 Å². The van der Waals surface area contributed by atoms with Crippen molar-refractivity contribution in [3.8, 4) is 5.75 Å². The molecule has 0 bridgehead atoms. The van der Waals surface area contributed by atoms with Gasteiger partial charge in [0.2, 0.25) is 0 Å². The monoisotopic (exact) mass is 381 g/mol. The van der Waals surface area contributed by atoms with E-state index < -0.39 is 0 Å². The van der Waals surface area contributed by atoms with Gasteiger partial charge in [0.05, 0.1) is 6.10 Å². The van der Waals surface area contributed by atoms with E-state index in [1.54, 1.807) is 11.3 Å². The first-order valence-corrected chi connectivity index (χ1v) is 10.7. The van der Waals surface area contributed by atoms with Gasteiger partial charge in [-0.2, -0.15) is 0 Å². The normalized spacial score (nSPS) is 15.9. The van der Waals surface area contributed by atoms with E-state index in [-0.39, 0.29) is 6.04 Å². The SMILES string of the molecule is Cn1ccnc1[C@@H](NCCc1ccc(OC2CCCC2)cc1)c1cccs1. The Bertz CT molecular complexity index is 820. The fraction of sp³-hybridized carbons (Fsp3) is 0.409. The van der Waals surface area contributed by atoms with Crippen molar-refractivity contribution in [3.05, 3.63) is 70.4 Å². The Balaban J connectivity index is 1.34. The van der Waals surface area contributed by atoms with Crippen molar-refractivity contribution < 1.29 is 4.74 Å². The maximum atomic E-state index is 6.06. The minimum Gasteiger partial charge on any atom is -0.490 e. The Kier molecular flexibility index (Phi) is 5.90. The Labute approximate surface area is 165 Å². The van der Waals surface area contributed by atoms with Crippen LogP contribution in [0.5, 0.6) is 5.75 Å².